The van der Waals surface area contributed by atoms with Gasteiger partial charge in [-0.25, -0.2) is 0 Å². The number of fused-ring (bicyclic) bond motifs is 5. The highest BCUT2D eigenvalue weighted by Crippen LogP contribution is 2.67. The maximum absolute atomic E-state index is 11.7. The summed E-state index contributed by atoms with van der Waals surface area (Å²) in [5.74, 6) is 4.20. The van der Waals surface area contributed by atoms with Gasteiger partial charge in [-0.3, -0.25) is 4.79 Å². The van der Waals surface area contributed by atoms with Crippen LogP contribution in [0, 0.1) is 40.4 Å². The SMILES string of the molecule is COC(=O)CCC[C@H]1CCC2C3CC(O[Si](C)(C)C(C)(C)C)C4(C)CCCCC4C3CC[C@@]21C. The molecule has 196 valence electrons. The van der Waals surface area contributed by atoms with Crippen LogP contribution in [0.3, 0.4) is 0 Å². The summed E-state index contributed by atoms with van der Waals surface area (Å²) >= 11 is 0. The van der Waals surface area contributed by atoms with Gasteiger partial charge >= 0.3 is 5.97 Å². The van der Waals surface area contributed by atoms with E-state index in [9.17, 15) is 4.79 Å². The topological polar surface area (TPSA) is 35.5 Å². The molecule has 4 heteroatoms. The molecule has 4 aliphatic rings. The normalized spacial score (nSPS) is 42.5. The molecule has 34 heavy (non-hydrogen) atoms. The van der Waals surface area contributed by atoms with Crippen molar-refractivity contribution in [3.05, 3.63) is 0 Å². The quantitative estimate of drug-likeness (QED) is 0.277. The van der Waals surface area contributed by atoms with Crippen molar-refractivity contribution in [1.82, 2.24) is 0 Å². The minimum absolute atomic E-state index is 0.0436. The summed E-state index contributed by atoms with van der Waals surface area (Å²) in [5.41, 5.74) is 0.836. The van der Waals surface area contributed by atoms with Gasteiger partial charge in [0, 0.05) is 6.42 Å². The highest BCUT2D eigenvalue weighted by Gasteiger charge is 2.61. The molecule has 0 aromatic heterocycles. The summed E-state index contributed by atoms with van der Waals surface area (Å²) in [7, 11) is -0.299. The number of carbonyl (C=O) groups excluding carboxylic acids is 1. The van der Waals surface area contributed by atoms with Crippen molar-refractivity contribution in [2.75, 3.05) is 7.11 Å². The molecule has 4 rings (SSSR count). The Labute approximate surface area is 211 Å². The fraction of sp³-hybridized carbons (Fsp3) is 0.967. The van der Waals surface area contributed by atoms with Crippen LogP contribution in [0.2, 0.25) is 18.1 Å². The number of hydrogen-bond donors (Lipinski definition) is 0. The standard InChI is InChI=1S/C30H54O3Si/c1-28(2,3)34(7,8)33-26-20-23-22(24-13-9-10-18-30(24,26)5)17-19-29(4)21(15-16-25(23)29)12-11-14-27(31)32-6/h21-26H,9-20H2,1-8H3/t21-,22?,23?,24?,25?,26?,29+,30?/m0/s1. The van der Waals surface area contributed by atoms with Crippen molar-refractivity contribution in [3.63, 3.8) is 0 Å². The van der Waals surface area contributed by atoms with Crippen molar-refractivity contribution >= 4 is 14.3 Å². The van der Waals surface area contributed by atoms with Gasteiger partial charge in [0.2, 0.25) is 0 Å². The third-order valence-corrected chi connectivity index (χ3v) is 16.6. The van der Waals surface area contributed by atoms with Gasteiger partial charge in [0.1, 0.15) is 0 Å². The molecule has 0 aromatic carbocycles. The molecule has 4 saturated carbocycles. The molecule has 4 fully saturated rings. The Morgan fingerprint density at radius 3 is 2.32 bits per heavy atom. The summed E-state index contributed by atoms with van der Waals surface area (Å²) in [6.07, 6.45) is 15.7. The van der Waals surface area contributed by atoms with Gasteiger partial charge in [-0.1, -0.05) is 47.5 Å². The monoisotopic (exact) mass is 490 g/mol. The summed E-state index contributed by atoms with van der Waals surface area (Å²) in [6, 6.07) is 0. The average molecular weight is 491 g/mol. The molecule has 0 N–H and O–H groups in total. The Morgan fingerprint density at radius 2 is 1.65 bits per heavy atom. The van der Waals surface area contributed by atoms with E-state index in [0.717, 1.165) is 36.0 Å². The van der Waals surface area contributed by atoms with Gasteiger partial charge in [0.15, 0.2) is 8.32 Å². The van der Waals surface area contributed by atoms with Gasteiger partial charge in [-0.05, 0) is 116 Å². The smallest absolute Gasteiger partial charge is 0.305 e. The molecule has 3 nitrogen and oxygen atoms in total. The lowest BCUT2D eigenvalue weighted by Gasteiger charge is -2.62. The summed E-state index contributed by atoms with van der Waals surface area (Å²) in [5, 5.41) is 0.267. The van der Waals surface area contributed by atoms with E-state index < -0.39 is 8.32 Å². The zero-order valence-electron chi connectivity index (χ0n) is 23.7. The molecule has 6 unspecified atom stereocenters. The van der Waals surface area contributed by atoms with Crippen LogP contribution in [0.25, 0.3) is 0 Å². The summed E-state index contributed by atoms with van der Waals surface area (Å²) in [6.45, 7) is 17.4. The van der Waals surface area contributed by atoms with E-state index in [1.54, 1.807) is 0 Å². The number of ether oxygens (including phenoxy) is 1. The molecule has 0 saturated heterocycles. The Hall–Kier alpha value is -0.353. The Kier molecular flexibility index (Phi) is 7.47. The van der Waals surface area contributed by atoms with Crippen molar-refractivity contribution < 1.29 is 14.0 Å². The minimum atomic E-state index is -1.81. The lowest BCUT2D eigenvalue weighted by atomic mass is 9.45. The van der Waals surface area contributed by atoms with E-state index in [1.807, 2.05) is 0 Å². The van der Waals surface area contributed by atoms with Crippen molar-refractivity contribution in [3.8, 4) is 0 Å². The fourth-order valence-corrected chi connectivity index (χ4v) is 10.5. The predicted molar refractivity (Wildman–Crippen MR) is 143 cm³/mol. The first-order valence-electron chi connectivity index (χ1n) is 14.6. The van der Waals surface area contributed by atoms with E-state index in [2.05, 4.69) is 47.7 Å². The fourth-order valence-electron chi connectivity index (χ4n) is 9.05. The molecule has 0 aliphatic heterocycles. The average Bonchev–Trinajstić information content (AvgIpc) is 3.09. The van der Waals surface area contributed by atoms with E-state index in [4.69, 9.17) is 9.16 Å². The summed E-state index contributed by atoms with van der Waals surface area (Å²) in [4.78, 5) is 11.7. The molecular formula is C30H54O3Si. The Morgan fingerprint density at radius 1 is 0.941 bits per heavy atom. The van der Waals surface area contributed by atoms with Crippen LogP contribution >= 0.6 is 0 Å². The van der Waals surface area contributed by atoms with Crippen LogP contribution in [0.15, 0.2) is 0 Å². The number of esters is 1. The zero-order chi connectivity index (χ0) is 24.9. The molecular weight excluding hydrogens is 436 g/mol. The molecule has 0 heterocycles. The number of hydrogen-bond acceptors (Lipinski definition) is 3. The number of rotatable bonds is 6. The van der Waals surface area contributed by atoms with E-state index in [1.165, 1.54) is 71.3 Å². The highest BCUT2D eigenvalue weighted by atomic mass is 28.4. The van der Waals surface area contributed by atoms with Gasteiger partial charge in [-0.2, -0.15) is 0 Å². The maximum Gasteiger partial charge on any atom is 0.305 e. The van der Waals surface area contributed by atoms with Gasteiger partial charge in [0.25, 0.3) is 0 Å². The van der Waals surface area contributed by atoms with Crippen LogP contribution in [0.5, 0.6) is 0 Å². The Bertz CT molecular complexity index is 742. The first-order chi connectivity index (χ1) is 15.8. The molecule has 0 spiro atoms. The lowest BCUT2D eigenvalue weighted by molar-refractivity contribution is -0.152. The second kappa shape index (κ2) is 9.51. The molecule has 0 aromatic rings. The first kappa shape index (κ1) is 26.7. The molecule has 0 radical (unpaired) electrons. The first-order valence-corrected chi connectivity index (χ1v) is 17.5. The third kappa shape index (κ3) is 4.57. The zero-order valence-corrected chi connectivity index (χ0v) is 24.7. The largest absolute Gasteiger partial charge is 0.469 e. The van der Waals surface area contributed by atoms with Gasteiger partial charge in [-0.15, -0.1) is 0 Å². The highest BCUT2D eigenvalue weighted by molar-refractivity contribution is 6.74. The molecule has 8 atom stereocenters. The van der Waals surface area contributed by atoms with Crippen molar-refractivity contribution in [2.24, 2.45) is 40.4 Å². The molecule has 0 bridgehead atoms. The number of carbonyl (C=O) groups is 1. The molecule has 4 aliphatic carbocycles. The predicted octanol–water partition coefficient (Wildman–Crippen LogP) is 8.38. The van der Waals surface area contributed by atoms with E-state index in [-0.39, 0.29) is 11.0 Å². The van der Waals surface area contributed by atoms with Crippen LogP contribution in [0.1, 0.15) is 112 Å². The van der Waals surface area contributed by atoms with Crippen molar-refractivity contribution in [2.45, 2.75) is 136 Å². The Balaban J connectivity index is 1.56. The minimum Gasteiger partial charge on any atom is -0.469 e. The van der Waals surface area contributed by atoms with Crippen LogP contribution in [0.4, 0.5) is 0 Å². The third-order valence-electron chi connectivity index (χ3n) is 12.2. The molecule has 0 amide bonds. The van der Waals surface area contributed by atoms with Gasteiger partial charge in [0.05, 0.1) is 13.2 Å². The van der Waals surface area contributed by atoms with Crippen LogP contribution < -0.4 is 0 Å². The van der Waals surface area contributed by atoms with E-state index in [0.29, 0.717) is 23.4 Å². The van der Waals surface area contributed by atoms with Crippen molar-refractivity contribution in [1.29, 1.82) is 0 Å². The summed E-state index contributed by atoms with van der Waals surface area (Å²) < 4.78 is 12.3. The second-order valence-electron chi connectivity index (χ2n) is 14.7. The van der Waals surface area contributed by atoms with Crippen LogP contribution in [-0.4, -0.2) is 27.5 Å². The lowest BCUT2D eigenvalue weighted by Crippen LogP contribution is -2.60. The van der Waals surface area contributed by atoms with E-state index >= 15 is 0 Å². The second-order valence-corrected chi connectivity index (χ2v) is 19.4. The van der Waals surface area contributed by atoms with Gasteiger partial charge < -0.3 is 9.16 Å². The van der Waals surface area contributed by atoms with Crippen LogP contribution in [-0.2, 0) is 14.0 Å². The maximum atomic E-state index is 11.7. The number of methoxy groups -OCH3 is 1.